The first-order valence-electron chi connectivity index (χ1n) is 9.13. The molecule has 0 aliphatic heterocycles. The Morgan fingerprint density at radius 1 is 1.21 bits per heavy atom. The average Bonchev–Trinajstić information content (AvgIpc) is 3.24. The summed E-state index contributed by atoms with van der Waals surface area (Å²) in [5.74, 6) is 0.485. The maximum Gasteiger partial charge on any atom is 0.240 e. The zero-order chi connectivity index (χ0) is 19.7. The lowest BCUT2D eigenvalue weighted by molar-refractivity contribution is -0.121. The van der Waals surface area contributed by atoms with Gasteiger partial charge in [0.2, 0.25) is 5.91 Å². The molecule has 0 saturated heterocycles. The van der Waals surface area contributed by atoms with Crippen LogP contribution in [0.15, 0.2) is 54.9 Å². The number of halogens is 1. The molecule has 0 aliphatic rings. The number of aryl methyl sites for hydroxylation is 2. The van der Waals surface area contributed by atoms with Crippen molar-refractivity contribution in [1.29, 1.82) is 0 Å². The third-order valence-corrected chi connectivity index (χ3v) is 4.99. The van der Waals surface area contributed by atoms with Crippen molar-refractivity contribution in [3.8, 4) is 11.3 Å². The molecule has 2 aromatic heterocycles. The molecule has 0 fully saturated rings. The molecule has 0 aliphatic carbocycles. The van der Waals surface area contributed by atoms with Crippen LogP contribution >= 0.6 is 0 Å². The monoisotopic (exact) mass is 376 g/mol. The van der Waals surface area contributed by atoms with Crippen LogP contribution in [0.1, 0.15) is 17.0 Å². The number of nitrogens with one attached hydrogen (secondary N) is 2. The standard InChI is InChI=1S/C22H21FN4O/c1-14-18-11-16(12-25-21(28)13-27-10-9-24-15(27)2)7-8-20(18)26-22(14)17-5-3-4-6-19(17)23/h3-11,26H,12-13H2,1-2H3,(H,25,28). The molecular formula is C22H21FN4O. The SMILES string of the molecule is Cc1c(-c2ccccc2F)[nH]c2ccc(CNC(=O)Cn3ccnc3C)cc12. The Bertz CT molecular complexity index is 1160. The third-order valence-electron chi connectivity index (χ3n) is 4.99. The molecule has 4 rings (SSSR count). The second-order valence-corrected chi connectivity index (χ2v) is 6.86. The molecule has 4 aromatic rings. The van der Waals surface area contributed by atoms with Gasteiger partial charge in [0.25, 0.3) is 0 Å². The number of benzene rings is 2. The van der Waals surface area contributed by atoms with Crippen LogP contribution in [-0.4, -0.2) is 20.4 Å². The van der Waals surface area contributed by atoms with E-state index in [4.69, 9.17) is 0 Å². The average molecular weight is 376 g/mol. The molecule has 1 amide bonds. The fraction of sp³-hybridized carbons (Fsp3) is 0.182. The Kier molecular flexibility index (Phi) is 4.69. The Hall–Kier alpha value is -3.41. The zero-order valence-corrected chi connectivity index (χ0v) is 15.8. The lowest BCUT2D eigenvalue weighted by atomic mass is 10.0. The molecule has 2 heterocycles. The highest BCUT2D eigenvalue weighted by molar-refractivity contribution is 5.91. The van der Waals surface area contributed by atoms with E-state index in [-0.39, 0.29) is 18.3 Å². The van der Waals surface area contributed by atoms with Crippen LogP contribution in [0.25, 0.3) is 22.2 Å². The molecule has 0 saturated carbocycles. The Morgan fingerprint density at radius 2 is 2.04 bits per heavy atom. The lowest BCUT2D eigenvalue weighted by Gasteiger charge is -2.07. The van der Waals surface area contributed by atoms with Crippen molar-refractivity contribution >= 4 is 16.8 Å². The minimum Gasteiger partial charge on any atom is -0.354 e. The summed E-state index contributed by atoms with van der Waals surface area (Å²) in [4.78, 5) is 19.6. The van der Waals surface area contributed by atoms with Crippen molar-refractivity contribution in [2.75, 3.05) is 0 Å². The van der Waals surface area contributed by atoms with Gasteiger partial charge in [-0.25, -0.2) is 9.37 Å². The highest BCUT2D eigenvalue weighted by atomic mass is 19.1. The van der Waals surface area contributed by atoms with Crippen molar-refractivity contribution in [3.63, 3.8) is 0 Å². The zero-order valence-electron chi connectivity index (χ0n) is 15.8. The Labute approximate surface area is 162 Å². The van der Waals surface area contributed by atoms with Crippen LogP contribution in [0.2, 0.25) is 0 Å². The summed E-state index contributed by atoms with van der Waals surface area (Å²) >= 11 is 0. The number of carbonyl (C=O) groups is 1. The van der Waals surface area contributed by atoms with Crippen LogP contribution in [0.4, 0.5) is 4.39 Å². The van der Waals surface area contributed by atoms with E-state index >= 15 is 0 Å². The van der Waals surface area contributed by atoms with Gasteiger partial charge in [0.15, 0.2) is 0 Å². The summed E-state index contributed by atoms with van der Waals surface area (Å²) in [6.07, 6.45) is 3.47. The van der Waals surface area contributed by atoms with Gasteiger partial charge in [0, 0.05) is 35.4 Å². The van der Waals surface area contributed by atoms with Crippen LogP contribution in [0, 0.1) is 19.7 Å². The molecule has 0 atom stereocenters. The Morgan fingerprint density at radius 3 is 2.79 bits per heavy atom. The predicted molar refractivity (Wildman–Crippen MR) is 107 cm³/mol. The van der Waals surface area contributed by atoms with Crippen molar-refractivity contribution in [1.82, 2.24) is 19.9 Å². The maximum atomic E-state index is 14.2. The van der Waals surface area contributed by atoms with Gasteiger partial charge in [-0.3, -0.25) is 4.79 Å². The summed E-state index contributed by atoms with van der Waals surface area (Å²) in [7, 11) is 0. The van der Waals surface area contributed by atoms with Crippen molar-refractivity contribution in [2.45, 2.75) is 26.9 Å². The van der Waals surface area contributed by atoms with Crippen molar-refractivity contribution in [3.05, 3.63) is 77.6 Å². The minimum atomic E-state index is -0.251. The van der Waals surface area contributed by atoms with E-state index in [0.29, 0.717) is 12.1 Å². The van der Waals surface area contributed by atoms with Gasteiger partial charge in [0.05, 0.1) is 5.69 Å². The van der Waals surface area contributed by atoms with E-state index in [1.54, 1.807) is 29.1 Å². The smallest absolute Gasteiger partial charge is 0.240 e. The number of nitrogens with zero attached hydrogens (tertiary/aromatic N) is 2. The van der Waals surface area contributed by atoms with Crippen LogP contribution in [0.3, 0.4) is 0 Å². The van der Waals surface area contributed by atoms with E-state index in [0.717, 1.165) is 33.5 Å². The van der Waals surface area contributed by atoms with Gasteiger partial charge < -0.3 is 14.9 Å². The molecule has 2 N–H and O–H groups in total. The molecule has 0 spiro atoms. The van der Waals surface area contributed by atoms with Crippen LogP contribution < -0.4 is 5.32 Å². The fourth-order valence-electron chi connectivity index (χ4n) is 3.40. The number of aromatic nitrogens is 3. The lowest BCUT2D eigenvalue weighted by Crippen LogP contribution is -2.27. The third kappa shape index (κ3) is 3.41. The number of H-pyrrole nitrogens is 1. The molecule has 28 heavy (non-hydrogen) atoms. The number of hydrogen-bond acceptors (Lipinski definition) is 2. The van der Waals surface area contributed by atoms with Crippen molar-refractivity contribution in [2.24, 2.45) is 0 Å². The van der Waals surface area contributed by atoms with Gasteiger partial charge in [0.1, 0.15) is 18.2 Å². The normalized spacial score (nSPS) is 11.1. The molecule has 0 unspecified atom stereocenters. The largest absolute Gasteiger partial charge is 0.354 e. The summed E-state index contributed by atoms with van der Waals surface area (Å²) in [5.41, 5.74) is 4.26. The molecular weight excluding hydrogens is 355 g/mol. The van der Waals surface area contributed by atoms with E-state index < -0.39 is 0 Å². The summed E-state index contributed by atoms with van der Waals surface area (Å²) in [5, 5.41) is 3.96. The molecule has 0 bridgehead atoms. The van der Waals surface area contributed by atoms with E-state index in [1.165, 1.54) is 6.07 Å². The highest BCUT2D eigenvalue weighted by Crippen LogP contribution is 2.31. The molecule has 2 aromatic carbocycles. The Balaban J connectivity index is 1.53. The first kappa shape index (κ1) is 18.0. The van der Waals surface area contributed by atoms with E-state index in [1.807, 2.05) is 38.1 Å². The van der Waals surface area contributed by atoms with Gasteiger partial charge in [-0.1, -0.05) is 18.2 Å². The topological polar surface area (TPSA) is 62.7 Å². The number of imidazole rings is 1. The minimum absolute atomic E-state index is 0.0703. The van der Waals surface area contributed by atoms with Gasteiger partial charge in [-0.2, -0.15) is 0 Å². The highest BCUT2D eigenvalue weighted by Gasteiger charge is 2.13. The quantitative estimate of drug-likeness (QED) is 0.551. The number of carbonyl (C=O) groups excluding carboxylic acids is 1. The number of fused-ring (bicyclic) bond motifs is 1. The first-order chi connectivity index (χ1) is 13.5. The van der Waals surface area contributed by atoms with E-state index in [2.05, 4.69) is 15.3 Å². The maximum absolute atomic E-state index is 14.2. The number of hydrogen-bond donors (Lipinski definition) is 2. The molecule has 0 radical (unpaired) electrons. The van der Waals surface area contributed by atoms with Gasteiger partial charge in [-0.05, 0) is 49.2 Å². The molecule has 5 nitrogen and oxygen atoms in total. The summed E-state index contributed by atoms with van der Waals surface area (Å²) in [6, 6.07) is 12.7. The summed E-state index contributed by atoms with van der Waals surface area (Å²) < 4.78 is 16.0. The fourth-order valence-corrected chi connectivity index (χ4v) is 3.40. The molecule has 142 valence electrons. The first-order valence-corrected chi connectivity index (χ1v) is 9.13. The van der Waals surface area contributed by atoms with Crippen LogP contribution in [-0.2, 0) is 17.9 Å². The second-order valence-electron chi connectivity index (χ2n) is 6.86. The summed E-state index contributed by atoms with van der Waals surface area (Å²) in [6.45, 7) is 4.52. The van der Waals surface area contributed by atoms with Crippen molar-refractivity contribution < 1.29 is 9.18 Å². The predicted octanol–water partition coefficient (Wildman–Crippen LogP) is 4.10. The number of aromatic amines is 1. The van der Waals surface area contributed by atoms with Gasteiger partial charge in [-0.15, -0.1) is 0 Å². The number of amides is 1. The second kappa shape index (κ2) is 7.31. The van der Waals surface area contributed by atoms with Crippen LogP contribution in [0.5, 0.6) is 0 Å². The van der Waals surface area contributed by atoms with E-state index in [9.17, 15) is 9.18 Å². The molecule has 6 heteroatoms. The number of rotatable bonds is 5. The van der Waals surface area contributed by atoms with Gasteiger partial charge >= 0.3 is 0 Å².